The predicted octanol–water partition coefficient (Wildman–Crippen LogP) is 4.24. The van der Waals surface area contributed by atoms with E-state index in [2.05, 4.69) is 5.32 Å². The normalized spacial score (nSPS) is 11.1. The minimum Gasteiger partial charge on any atom is -0.497 e. The number of nitrogens with zero attached hydrogens (tertiary/aromatic N) is 1. The molecule has 8 heteroatoms. The molecule has 0 saturated carbocycles. The number of amides is 1. The molecular weight excluding hydrogens is 436 g/mol. The largest absolute Gasteiger partial charge is 0.497 e. The Morgan fingerprint density at radius 1 is 1.00 bits per heavy atom. The fourth-order valence-corrected chi connectivity index (χ4v) is 4.09. The molecule has 3 rings (SSSR count). The van der Waals surface area contributed by atoms with Crippen LogP contribution in [0.4, 0.5) is 5.69 Å². The van der Waals surface area contributed by atoms with Crippen molar-refractivity contribution in [3.8, 4) is 5.75 Å². The maximum absolute atomic E-state index is 12.5. The van der Waals surface area contributed by atoms with E-state index >= 15 is 0 Å². The Bertz CT molecular complexity index is 1160. The van der Waals surface area contributed by atoms with Gasteiger partial charge in [-0.05, 0) is 53.6 Å². The summed E-state index contributed by atoms with van der Waals surface area (Å²) in [5.41, 5.74) is 2.64. The number of carbonyl (C=O) groups excluding carboxylic acids is 1. The molecule has 0 aliphatic heterocycles. The van der Waals surface area contributed by atoms with Crippen molar-refractivity contribution in [2.45, 2.75) is 13.1 Å². The first kappa shape index (κ1) is 22.7. The quantitative estimate of drug-likeness (QED) is 0.547. The van der Waals surface area contributed by atoms with Crippen LogP contribution in [0, 0.1) is 0 Å². The number of hydrogen-bond donors (Lipinski definition) is 1. The highest BCUT2D eigenvalue weighted by atomic mass is 35.5. The Labute approximate surface area is 187 Å². The Kier molecular flexibility index (Phi) is 7.20. The summed E-state index contributed by atoms with van der Waals surface area (Å²) in [5.74, 6) is 0.510. The van der Waals surface area contributed by atoms with E-state index in [1.54, 1.807) is 55.6 Å². The molecule has 0 aliphatic carbocycles. The summed E-state index contributed by atoms with van der Waals surface area (Å²) in [6, 6.07) is 21.0. The van der Waals surface area contributed by atoms with Crippen molar-refractivity contribution in [2.24, 2.45) is 0 Å². The lowest BCUT2D eigenvalue weighted by Crippen LogP contribution is -2.29. The van der Waals surface area contributed by atoms with Crippen molar-refractivity contribution in [3.63, 3.8) is 0 Å². The second kappa shape index (κ2) is 9.85. The van der Waals surface area contributed by atoms with Crippen molar-refractivity contribution in [1.82, 2.24) is 5.32 Å². The molecule has 31 heavy (non-hydrogen) atoms. The van der Waals surface area contributed by atoms with Gasteiger partial charge in [0.15, 0.2) is 0 Å². The van der Waals surface area contributed by atoms with Crippen LogP contribution in [-0.4, -0.2) is 27.7 Å². The van der Waals surface area contributed by atoms with Crippen LogP contribution < -0.4 is 14.4 Å². The van der Waals surface area contributed by atoms with Crippen LogP contribution in [0.2, 0.25) is 5.02 Å². The van der Waals surface area contributed by atoms with E-state index in [0.29, 0.717) is 22.8 Å². The molecule has 0 saturated heterocycles. The van der Waals surface area contributed by atoms with E-state index in [-0.39, 0.29) is 12.5 Å². The van der Waals surface area contributed by atoms with Crippen LogP contribution in [0.5, 0.6) is 5.75 Å². The molecule has 3 aromatic rings. The maximum Gasteiger partial charge on any atom is 0.251 e. The Hall–Kier alpha value is -3.03. The lowest BCUT2D eigenvalue weighted by atomic mass is 10.1. The summed E-state index contributed by atoms with van der Waals surface area (Å²) in [5, 5.41) is 3.32. The number of carbonyl (C=O) groups is 1. The van der Waals surface area contributed by atoms with Gasteiger partial charge in [0.1, 0.15) is 5.75 Å². The number of methoxy groups -OCH3 is 1. The predicted molar refractivity (Wildman–Crippen MR) is 123 cm³/mol. The van der Waals surface area contributed by atoms with Gasteiger partial charge in [0.25, 0.3) is 5.91 Å². The van der Waals surface area contributed by atoms with Gasteiger partial charge in [0.05, 0.1) is 25.6 Å². The molecule has 3 aromatic carbocycles. The summed E-state index contributed by atoms with van der Waals surface area (Å²) >= 11 is 6.02. The van der Waals surface area contributed by atoms with Crippen LogP contribution in [0.25, 0.3) is 0 Å². The molecular formula is C23H23ClN2O4S. The molecule has 0 aromatic heterocycles. The topological polar surface area (TPSA) is 75.7 Å². The van der Waals surface area contributed by atoms with E-state index in [1.807, 2.05) is 24.3 Å². The van der Waals surface area contributed by atoms with Crippen LogP contribution >= 0.6 is 11.6 Å². The molecule has 0 bridgehead atoms. The number of ether oxygens (including phenoxy) is 1. The number of benzene rings is 3. The lowest BCUT2D eigenvalue weighted by molar-refractivity contribution is 0.0951. The number of halogens is 1. The minimum atomic E-state index is -3.52. The number of rotatable bonds is 8. The monoisotopic (exact) mass is 458 g/mol. The maximum atomic E-state index is 12.5. The second-order valence-corrected chi connectivity index (χ2v) is 9.32. The van der Waals surface area contributed by atoms with Crippen LogP contribution in [-0.2, 0) is 23.1 Å². The Morgan fingerprint density at radius 3 is 2.35 bits per heavy atom. The van der Waals surface area contributed by atoms with Crippen LogP contribution in [0.1, 0.15) is 21.5 Å². The smallest absolute Gasteiger partial charge is 0.251 e. The van der Waals surface area contributed by atoms with Gasteiger partial charge in [0, 0.05) is 17.1 Å². The van der Waals surface area contributed by atoms with Gasteiger partial charge in [0.2, 0.25) is 10.0 Å². The molecule has 0 radical (unpaired) electrons. The van der Waals surface area contributed by atoms with Crippen LogP contribution in [0.15, 0.2) is 72.8 Å². The zero-order valence-electron chi connectivity index (χ0n) is 17.2. The van der Waals surface area contributed by atoms with Gasteiger partial charge < -0.3 is 10.1 Å². The Balaban J connectivity index is 1.69. The van der Waals surface area contributed by atoms with E-state index < -0.39 is 10.0 Å². The summed E-state index contributed by atoms with van der Waals surface area (Å²) in [7, 11) is -1.93. The molecule has 0 unspecified atom stereocenters. The van der Waals surface area contributed by atoms with Gasteiger partial charge in [-0.3, -0.25) is 9.10 Å². The van der Waals surface area contributed by atoms with E-state index in [9.17, 15) is 13.2 Å². The van der Waals surface area contributed by atoms with Gasteiger partial charge in [-0.1, -0.05) is 41.9 Å². The average Bonchev–Trinajstić information content (AvgIpc) is 2.75. The van der Waals surface area contributed by atoms with Gasteiger partial charge in [-0.15, -0.1) is 0 Å². The standard InChI is InChI=1S/C23H23ClN2O4S/c1-30-22-8-3-5-18(13-22)15-25-23(27)19-11-9-17(10-12-19)16-26(31(2,28)29)21-7-4-6-20(24)14-21/h3-14H,15-16H2,1-2H3,(H,25,27). The number of hydrogen-bond acceptors (Lipinski definition) is 4. The third-order valence-corrected chi connectivity index (χ3v) is 6.00. The third kappa shape index (κ3) is 6.23. The molecule has 0 heterocycles. The van der Waals surface area contributed by atoms with Gasteiger partial charge >= 0.3 is 0 Å². The minimum absolute atomic E-state index is 0.130. The zero-order valence-corrected chi connectivity index (χ0v) is 18.8. The highest BCUT2D eigenvalue weighted by molar-refractivity contribution is 7.92. The highest BCUT2D eigenvalue weighted by Gasteiger charge is 2.18. The fraction of sp³-hybridized carbons (Fsp3) is 0.174. The molecule has 162 valence electrons. The first-order chi connectivity index (χ1) is 14.8. The first-order valence-electron chi connectivity index (χ1n) is 9.49. The summed E-state index contributed by atoms with van der Waals surface area (Å²) in [6.45, 7) is 0.499. The van der Waals surface area contributed by atoms with Crippen molar-refractivity contribution in [3.05, 3.63) is 94.5 Å². The summed E-state index contributed by atoms with van der Waals surface area (Å²) in [6.07, 6.45) is 1.15. The van der Waals surface area contributed by atoms with E-state index in [4.69, 9.17) is 16.3 Å². The fourth-order valence-electron chi connectivity index (χ4n) is 3.03. The summed E-state index contributed by atoms with van der Waals surface area (Å²) < 4.78 is 31.1. The number of sulfonamides is 1. The SMILES string of the molecule is COc1cccc(CNC(=O)c2ccc(CN(c3cccc(Cl)c3)S(C)(=O)=O)cc2)c1. The van der Waals surface area contributed by atoms with Crippen molar-refractivity contribution in [2.75, 3.05) is 17.7 Å². The molecule has 6 nitrogen and oxygen atoms in total. The molecule has 0 fully saturated rings. The second-order valence-electron chi connectivity index (χ2n) is 6.98. The summed E-state index contributed by atoms with van der Waals surface area (Å²) in [4.78, 5) is 12.5. The van der Waals surface area contributed by atoms with E-state index in [1.165, 1.54) is 4.31 Å². The van der Waals surface area contributed by atoms with Gasteiger partial charge in [-0.2, -0.15) is 0 Å². The zero-order chi connectivity index (χ0) is 22.4. The average molecular weight is 459 g/mol. The highest BCUT2D eigenvalue weighted by Crippen LogP contribution is 2.24. The lowest BCUT2D eigenvalue weighted by Gasteiger charge is -2.22. The van der Waals surface area contributed by atoms with Crippen molar-refractivity contribution >= 4 is 33.2 Å². The number of anilines is 1. The molecule has 0 spiro atoms. The first-order valence-corrected chi connectivity index (χ1v) is 11.7. The van der Waals surface area contributed by atoms with Crippen LogP contribution in [0.3, 0.4) is 0 Å². The molecule has 0 aliphatic rings. The third-order valence-electron chi connectivity index (χ3n) is 4.63. The van der Waals surface area contributed by atoms with E-state index in [0.717, 1.165) is 23.1 Å². The van der Waals surface area contributed by atoms with Crippen molar-refractivity contribution in [1.29, 1.82) is 0 Å². The number of nitrogens with one attached hydrogen (secondary N) is 1. The van der Waals surface area contributed by atoms with Crippen molar-refractivity contribution < 1.29 is 17.9 Å². The Morgan fingerprint density at radius 2 is 1.71 bits per heavy atom. The molecule has 1 N–H and O–H groups in total. The van der Waals surface area contributed by atoms with Gasteiger partial charge in [-0.25, -0.2) is 8.42 Å². The molecule has 0 atom stereocenters. The molecule has 1 amide bonds.